The number of halogens is 1. The van der Waals surface area contributed by atoms with Crippen LogP contribution in [0.5, 0.6) is 0 Å². The number of aliphatic hydroxyl groups is 1. The van der Waals surface area contributed by atoms with Gasteiger partial charge in [-0.3, -0.25) is 0 Å². The number of rotatable bonds is 5. The highest BCUT2D eigenvalue weighted by molar-refractivity contribution is 9.10. The predicted octanol–water partition coefficient (Wildman–Crippen LogP) is 3.61. The summed E-state index contributed by atoms with van der Waals surface area (Å²) in [5.41, 5.74) is 2.02. The maximum atomic E-state index is 9.04. The Labute approximate surface area is 153 Å². The van der Waals surface area contributed by atoms with Gasteiger partial charge in [0.2, 0.25) is 5.95 Å². The van der Waals surface area contributed by atoms with Gasteiger partial charge in [0.15, 0.2) is 5.82 Å². The second-order valence-electron chi connectivity index (χ2n) is 5.80. The lowest BCUT2D eigenvalue weighted by atomic mass is 10.1. The number of aryl methyl sites for hydroxylation is 1. The van der Waals surface area contributed by atoms with Gasteiger partial charge in [-0.1, -0.05) is 28.1 Å². The van der Waals surface area contributed by atoms with Crippen LogP contribution in [0.4, 0.5) is 5.95 Å². The van der Waals surface area contributed by atoms with Crippen molar-refractivity contribution in [1.82, 2.24) is 14.8 Å². The predicted molar refractivity (Wildman–Crippen MR) is 98.0 cm³/mol. The van der Waals surface area contributed by atoms with E-state index in [0.717, 1.165) is 21.5 Å². The average molecular weight is 401 g/mol. The Morgan fingerprint density at radius 3 is 2.80 bits per heavy atom. The highest BCUT2D eigenvalue weighted by atomic mass is 79.9. The fraction of sp³-hybridized carbons (Fsp3) is 0.222. The first-order valence-corrected chi connectivity index (χ1v) is 8.88. The molecule has 4 rings (SSSR count). The van der Waals surface area contributed by atoms with Crippen LogP contribution in [0.2, 0.25) is 0 Å². The second-order valence-corrected chi connectivity index (χ2v) is 6.71. The Morgan fingerprint density at radius 2 is 2.08 bits per heavy atom. The molecule has 0 saturated carbocycles. The van der Waals surface area contributed by atoms with Crippen molar-refractivity contribution in [3.63, 3.8) is 0 Å². The van der Waals surface area contributed by atoms with Gasteiger partial charge in [-0.05, 0) is 42.3 Å². The molecule has 0 radical (unpaired) electrons. The van der Waals surface area contributed by atoms with Gasteiger partial charge in [0.25, 0.3) is 0 Å². The number of aromatic nitrogens is 3. The molecule has 0 fully saturated rings. The molecule has 0 amide bonds. The molecule has 0 saturated heterocycles. The van der Waals surface area contributed by atoms with Crippen molar-refractivity contribution in [3.05, 3.63) is 70.4 Å². The van der Waals surface area contributed by atoms with E-state index in [1.165, 1.54) is 0 Å². The van der Waals surface area contributed by atoms with E-state index < -0.39 is 0 Å². The van der Waals surface area contributed by atoms with E-state index in [4.69, 9.17) is 9.52 Å². The molecule has 1 atom stereocenters. The van der Waals surface area contributed by atoms with Crippen molar-refractivity contribution in [2.45, 2.75) is 18.9 Å². The Balaban J connectivity index is 1.74. The van der Waals surface area contributed by atoms with Crippen LogP contribution in [0.15, 0.2) is 57.6 Å². The number of fused-ring (bicyclic) bond motifs is 1. The monoisotopic (exact) mass is 400 g/mol. The zero-order valence-electron chi connectivity index (χ0n) is 13.4. The van der Waals surface area contributed by atoms with E-state index in [-0.39, 0.29) is 12.6 Å². The molecule has 1 aliphatic heterocycles. The van der Waals surface area contributed by atoms with Gasteiger partial charge in [0.05, 0.1) is 6.26 Å². The molecule has 0 aliphatic carbocycles. The first kappa shape index (κ1) is 16.1. The van der Waals surface area contributed by atoms with Gasteiger partial charge in [-0.2, -0.15) is 10.1 Å². The minimum absolute atomic E-state index is 0.126. The maximum absolute atomic E-state index is 9.04. The summed E-state index contributed by atoms with van der Waals surface area (Å²) < 4.78 is 8.47. The SMILES string of the molecule is OCCCc1nc2n(n1)C(c1ccco1)C=C(c1ccc(Br)cc1)N2. The summed E-state index contributed by atoms with van der Waals surface area (Å²) in [7, 11) is 0. The van der Waals surface area contributed by atoms with E-state index in [0.29, 0.717) is 24.6 Å². The standard InChI is InChI=1S/C18H17BrN4O2/c19-13-7-5-12(6-8-13)14-11-15(16-3-2-10-25-16)23-18(20-14)21-17(22-23)4-1-9-24/h2-3,5-8,10-11,15,24H,1,4,9H2,(H,20,21,22). The molecule has 7 heteroatoms. The molecule has 2 N–H and O–H groups in total. The van der Waals surface area contributed by atoms with E-state index >= 15 is 0 Å². The molecule has 25 heavy (non-hydrogen) atoms. The Bertz CT molecular complexity index is 884. The second kappa shape index (κ2) is 6.85. The lowest BCUT2D eigenvalue weighted by Gasteiger charge is -2.22. The normalized spacial score (nSPS) is 16.2. The van der Waals surface area contributed by atoms with Crippen molar-refractivity contribution in [2.75, 3.05) is 11.9 Å². The number of benzene rings is 1. The van der Waals surface area contributed by atoms with E-state index in [1.807, 2.05) is 41.1 Å². The smallest absolute Gasteiger partial charge is 0.226 e. The maximum Gasteiger partial charge on any atom is 0.226 e. The van der Waals surface area contributed by atoms with Crippen molar-refractivity contribution >= 4 is 27.6 Å². The van der Waals surface area contributed by atoms with Gasteiger partial charge in [-0.15, -0.1) is 0 Å². The average Bonchev–Trinajstić information content (AvgIpc) is 3.29. The van der Waals surface area contributed by atoms with Gasteiger partial charge >= 0.3 is 0 Å². The van der Waals surface area contributed by atoms with Crippen LogP contribution in [0.25, 0.3) is 5.70 Å². The lowest BCUT2D eigenvalue weighted by molar-refractivity contribution is 0.287. The van der Waals surface area contributed by atoms with Gasteiger partial charge in [0.1, 0.15) is 11.8 Å². The van der Waals surface area contributed by atoms with Crippen molar-refractivity contribution in [2.24, 2.45) is 0 Å². The van der Waals surface area contributed by atoms with Crippen LogP contribution >= 0.6 is 15.9 Å². The molecule has 1 unspecified atom stereocenters. The number of aliphatic hydroxyl groups excluding tert-OH is 1. The third-order valence-corrected chi connectivity index (χ3v) is 4.59. The number of allylic oxidation sites excluding steroid dienone is 1. The molecule has 1 aliphatic rings. The molecule has 3 heterocycles. The third kappa shape index (κ3) is 3.25. The first-order chi connectivity index (χ1) is 12.2. The van der Waals surface area contributed by atoms with Crippen LogP contribution in [0.1, 0.15) is 29.6 Å². The lowest BCUT2D eigenvalue weighted by Crippen LogP contribution is -2.19. The minimum Gasteiger partial charge on any atom is -0.467 e. The van der Waals surface area contributed by atoms with Crippen molar-refractivity contribution in [1.29, 1.82) is 0 Å². The third-order valence-electron chi connectivity index (χ3n) is 4.06. The van der Waals surface area contributed by atoms with Gasteiger partial charge < -0.3 is 14.8 Å². The number of furan rings is 1. The highest BCUT2D eigenvalue weighted by Crippen LogP contribution is 2.33. The molecule has 6 nitrogen and oxygen atoms in total. The van der Waals surface area contributed by atoms with Crippen molar-refractivity contribution < 1.29 is 9.52 Å². The van der Waals surface area contributed by atoms with Crippen molar-refractivity contribution in [3.8, 4) is 0 Å². The van der Waals surface area contributed by atoms with Crippen LogP contribution in [0, 0.1) is 0 Å². The van der Waals surface area contributed by atoms with Gasteiger partial charge in [0, 0.05) is 23.2 Å². The summed E-state index contributed by atoms with van der Waals surface area (Å²) in [6, 6.07) is 11.7. The zero-order valence-corrected chi connectivity index (χ0v) is 15.0. The Kier molecular flexibility index (Phi) is 4.42. The first-order valence-electron chi connectivity index (χ1n) is 8.09. The molecule has 0 bridgehead atoms. The summed E-state index contributed by atoms with van der Waals surface area (Å²) in [5.74, 6) is 2.18. The summed E-state index contributed by atoms with van der Waals surface area (Å²) >= 11 is 3.46. The number of anilines is 1. The highest BCUT2D eigenvalue weighted by Gasteiger charge is 2.26. The molecule has 128 valence electrons. The summed E-state index contributed by atoms with van der Waals surface area (Å²) in [6.45, 7) is 0.126. The summed E-state index contributed by atoms with van der Waals surface area (Å²) in [4.78, 5) is 4.58. The number of hydrogen-bond donors (Lipinski definition) is 2. The molecule has 0 spiro atoms. The molecular weight excluding hydrogens is 384 g/mol. The topological polar surface area (TPSA) is 76.1 Å². The number of nitrogens with one attached hydrogen (secondary N) is 1. The zero-order chi connectivity index (χ0) is 17.2. The van der Waals surface area contributed by atoms with E-state index in [9.17, 15) is 0 Å². The van der Waals surface area contributed by atoms with Crippen LogP contribution < -0.4 is 5.32 Å². The minimum atomic E-state index is -0.166. The van der Waals surface area contributed by atoms with E-state index in [2.05, 4.69) is 37.4 Å². The quantitative estimate of drug-likeness (QED) is 0.683. The molecular formula is C18H17BrN4O2. The fourth-order valence-electron chi connectivity index (χ4n) is 2.84. The number of hydrogen-bond acceptors (Lipinski definition) is 5. The molecule has 1 aromatic carbocycles. The van der Waals surface area contributed by atoms with E-state index in [1.54, 1.807) is 6.26 Å². The summed E-state index contributed by atoms with van der Waals surface area (Å²) in [6.07, 6.45) is 5.02. The Morgan fingerprint density at radius 1 is 1.24 bits per heavy atom. The van der Waals surface area contributed by atoms with Gasteiger partial charge in [-0.25, -0.2) is 4.68 Å². The van der Waals surface area contributed by atoms with Crippen LogP contribution in [-0.4, -0.2) is 26.5 Å². The molecule has 2 aromatic heterocycles. The summed E-state index contributed by atoms with van der Waals surface area (Å²) in [5, 5.41) is 17.0. The molecule has 3 aromatic rings. The number of nitrogens with zero attached hydrogens (tertiary/aromatic N) is 3. The van der Waals surface area contributed by atoms with Crippen LogP contribution in [0.3, 0.4) is 0 Å². The Hall–Kier alpha value is -2.38. The fourth-order valence-corrected chi connectivity index (χ4v) is 3.10. The van der Waals surface area contributed by atoms with Crippen LogP contribution in [-0.2, 0) is 6.42 Å². The largest absolute Gasteiger partial charge is 0.467 e.